The highest BCUT2D eigenvalue weighted by Crippen LogP contribution is 2.18. The Morgan fingerprint density at radius 1 is 1.27 bits per heavy atom. The van der Waals surface area contributed by atoms with Crippen molar-refractivity contribution >= 4 is 17.6 Å². The maximum absolute atomic E-state index is 12.5. The first-order chi connectivity index (χ1) is 10.6. The number of morpholine rings is 1. The molecule has 1 amide bonds. The number of anilines is 1. The molecule has 6 nitrogen and oxygen atoms in total. The third-order valence-corrected chi connectivity index (χ3v) is 3.79. The van der Waals surface area contributed by atoms with Crippen LogP contribution in [0, 0.1) is 0 Å². The van der Waals surface area contributed by atoms with Gasteiger partial charge in [-0.1, -0.05) is 18.2 Å². The third-order valence-electron chi connectivity index (χ3n) is 3.79. The Labute approximate surface area is 130 Å². The van der Waals surface area contributed by atoms with Gasteiger partial charge in [0.2, 0.25) is 5.91 Å². The Bertz CT molecular complexity index is 500. The van der Waals surface area contributed by atoms with E-state index in [-0.39, 0.29) is 5.91 Å². The van der Waals surface area contributed by atoms with Crippen molar-refractivity contribution in [1.29, 1.82) is 0 Å². The minimum atomic E-state index is -1.01. The summed E-state index contributed by atoms with van der Waals surface area (Å²) >= 11 is 0. The van der Waals surface area contributed by atoms with Crippen molar-refractivity contribution in [3.8, 4) is 0 Å². The van der Waals surface area contributed by atoms with Gasteiger partial charge in [-0.2, -0.15) is 0 Å². The number of nitrogens with zero attached hydrogens (tertiary/aromatic N) is 2. The van der Waals surface area contributed by atoms with E-state index in [4.69, 9.17) is 4.74 Å². The number of benzene rings is 1. The van der Waals surface area contributed by atoms with Crippen LogP contribution in [0.3, 0.4) is 0 Å². The first-order valence-electron chi connectivity index (χ1n) is 7.49. The minimum absolute atomic E-state index is 0.174. The van der Waals surface area contributed by atoms with Crippen LogP contribution in [0.25, 0.3) is 0 Å². The standard InChI is InChI=1S/C16H22N2O4/c1-13(16(20)21)18(14-5-3-2-4-6-14)15(19)7-8-17-9-11-22-12-10-17/h2-6,13H,7-12H2,1H3,(H,20,21)/t13-/m0/s1. The number of ether oxygens (including phenoxy) is 1. The summed E-state index contributed by atoms with van der Waals surface area (Å²) in [4.78, 5) is 27.4. The third kappa shape index (κ3) is 4.29. The fraction of sp³-hybridized carbons (Fsp3) is 0.500. The number of carbonyl (C=O) groups excluding carboxylic acids is 1. The van der Waals surface area contributed by atoms with Gasteiger partial charge in [0.05, 0.1) is 13.2 Å². The van der Waals surface area contributed by atoms with Gasteiger partial charge >= 0.3 is 5.97 Å². The van der Waals surface area contributed by atoms with Crippen molar-refractivity contribution in [3.63, 3.8) is 0 Å². The van der Waals surface area contributed by atoms with E-state index in [2.05, 4.69) is 4.90 Å². The van der Waals surface area contributed by atoms with E-state index in [1.807, 2.05) is 6.07 Å². The van der Waals surface area contributed by atoms with Gasteiger partial charge in [-0.15, -0.1) is 0 Å². The van der Waals surface area contributed by atoms with Crippen molar-refractivity contribution in [3.05, 3.63) is 30.3 Å². The van der Waals surface area contributed by atoms with Gasteiger partial charge in [0.25, 0.3) is 0 Å². The molecule has 0 bridgehead atoms. The molecular weight excluding hydrogens is 284 g/mol. The molecule has 0 radical (unpaired) electrons. The number of aliphatic carboxylic acids is 1. The van der Waals surface area contributed by atoms with E-state index in [9.17, 15) is 14.7 Å². The molecule has 1 heterocycles. The molecule has 1 aromatic carbocycles. The monoisotopic (exact) mass is 306 g/mol. The number of carboxylic acids is 1. The molecule has 6 heteroatoms. The lowest BCUT2D eigenvalue weighted by atomic mass is 10.2. The number of hydrogen-bond donors (Lipinski definition) is 1. The number of hydrogen-bond acceptors (Lipinski definition) is 4. The zero-order valence-corrected chi connectivity index (χ0v) is 12.8. The fourth-order valence-corrected chi connectivity index (χ4v) is 2.48. The van der Waals surface area contributed by atoms with Gasteiger partial charge in [0, 0.05) is 31.7 Å². The second kappa shape index (κ2) is 7.91. The zero-order chi connectivity index (χ0) is 15.9. The van der Waals surface area contributed by atoms with E-state index in [0.29, 0.717) is 31.9 Å². The minimum Gasteiger partial charge on any atom is -0.480 e. The van der Waals surface area contributed by atoms with Crippen LogP contribution in [0.1, 0.15) is 13.3 Å². The molecule has 0 unspecified atom stereocenters. The molecule has 2 rings (SSSR count). The molecule has 0 spiro atoms. The van der Waals surface area contributed by atoms with E-state index < -0.39 is 12.0 Å². The van der Waals surface area contributed by atoms with Gasteiger partial charge in [-0.3, -0.25) is 14.6 Å². The topological polar surface area (TPSA) is 70.1 Å². The van der Waals surface area contributed by atoms with Crippen molar-refractivity contribution in [1.82, 2.24) is 4.90 Å². The van der Waals surface area contributed by atoms with Crippen LogP contribution in [0.15, 0.2) is 30.3 Å². The van der Waals surface area contributed by atoms with Crippen LogP contribution < -0.4 is 4.90 Å². The van der Waals surface area contributed by atoms with Crippen LogP contribution in [0.4, 0.5) is 5.69 Å². The van der Waals surface area contributed by atoms with Crippen LogP contribution in [-0.4, -0.2) is 60.8 Å². The summed E-state index contributed by atoms with van der Waals surface area (Å²) in [6.45, 7) is 5.14. The summed E-state index contributed by atoms with van der Waals surface area (Å²) in [7, 11) is 0. The predicted molar refractivity (Wildman–Crippen MR) is 82.9 cm³/mol. The summed E-state index contributed by atoms with van der Waals surface area (Å²) in [6.07, 6.45) is 0.298. The second-order valence-electron chi connectivity index (χ2n) is 5.32. The Balaban J connectivity index is 2.04. The maximum atomic E-state index is 12.5. The van der Waals surface area contributed by atoms with E-state index in [1.165, 1.54) is 11.8 Å². The molecule has 22 heavy (non-hydrogen) atoms. The SMILES string of the molecule is C[C@@H](C(=O)O)N(C(=O)CCN1CCOCC1)c1ccccc1. The average Bonchev–Trinajstić information content (AvgIpc) is 2.55. The number of amides is 1. The molecule has 1 N–H and O–H groups in total. The summed E-state index contributed by atoms with van der Waals surface area (Å²) in [6, 6.07) is 8.06. The molecule has 0 saturated carbocycles. The Morgan fingerprint density at radius 2 is 1.91 bits per heavy atom. The smallest absolute Gasteiger partial charge is 0.326 e. The lowest BCUT2D eigenvalue weighted by Gasteiger charge is -2.29. The van der Waals surface area contributed by atoms with Gasteiger partial charge in [0.15, 0.2) is 0 Å². The number of rotatable bonds is 6. The molecule has 1 fully saturated rings. The molecule has 120 valence electrons. The zero-order valence-electron chi connectivity index (χ0n) is 12.8. The number of carbonyl (C=O) groups is 2. The van der Waals surface area contributed by atoms with E-state index >= 15 is 0 Å². The summed E-state index contributed by atoms with van der Waals surface area (Å²) < 4.78 is 5.28. The molecule has 1 aliphatic rings. The molecular formula is C16H22N2O4. The van der Waals surface area contributed by atoms with E-state index in [0.717, 1.165) is 13.1 Å². The predicted octanol–water partition coefficient (Wildman–Crippen LogP) is 1.22. The van der Waals surface area contributed by atoms with Crippen LogP contribution in [-0.2, 0) is 14.3 Å². The first-order valence-corrected chi connectivity index (χ1v) is 7.49. The highest BCUT2D eigenvalue weighted by atomic mass is 16.5. The largest absolute Gasteiger partial charge is 0.480 e. The second-order valence-corrected chi connectivity index (χ2v) is 5.32. The number of carboxylic acid groups (broad SMARTS) is 1. The molecule has 1 aromatic rings. The molecule has 1 aliphatic heterocycles. The average molecular weight is 306 g/mol. The van der Waals surface area contributed by atoms with Crippen molar-refractivity contribution in [2.45, 2.75) is 19.4 Å². The first kappa shape index (κ1) is 16.5. The Hall–Kier alpha value is -1.92. The fourth-order valence-electron chi connectivity index (χ4n) is 2.48. The van der Waals surface area contributed by atoms with Gasteiger partial charge in [-0.05, 0) is 19.1 Å². The highest BCUT2D eigenvalue weighted by molar-refractivity contribution is 5.98. The molecule has 0 aromatic heterocycles. The van der Waals surface area contributed by atoms with Crippen molar-refractivity contribution < 1.29 is 19.4 Å². The van der Waals surface area contributed by atoms with Crippen molar-refractivity contribution in [2.24, 2.45) is 0 Å². The highest BCUT2D eigenvalue weighted by Gasteiger charge is 2.27. The van der Waals surface area contributed by atoms with Crippen LogP contribution in [0.5, 0.6) is 0 Å². The molecule has 0 aliphatic carbocycles. The Morgan fingerprint density at radius 3 is 2.50 bits per heavy atom. The normalized spacial score (nSPS) is 17.0. The summed E-state index contributed by atoms with van der Waals surface area (Å²) in [5.74, 6) is -1.18. The lowest BCUT2D eigenvalue weighted by molar-refractivity contribution is -0.139. The van der Waals surface area contributed by atoms with E-state index in [1.54, 1.807) is 24.3 Å². The quantitative estimate of drug-likeness (QED) is 0.855. The van der Waals surface area contributed by atoms with Crippen LogP contribution >= 0.6 is 0 Å². The molecule has 1 atom stereocenters. The summed E-state index contributed by atoms with van der Waals surface area (Å²) in [5.41, 5.74) is 0.615. The maximum Gasteiger partial charge on any atom is 0.326 e. The van der Waals surface area contributed by atoms with Gasteiger partial charge < -0.3 is 9.84 Å². The lowest BCUT2D eigenvalue weighted by Crippen LogP contribution is -2.45. The Kier molecular flexibility index (Phi) is 5.91. The van der Waals surface area contributed by atoms with Gasteiger partial charge in [0.1, 0.15) is 6.04 Å². The summed E-state index contributed by atoms with van der Waals surface area (Å²) in [5, 5.41) is 9.26. The van der Waals surface area contributed by atoms with Crippen molar-refractivity contribution in [2.75, 3.05) is 37.7 Å². The molecule has 1 saturated heterocycles. The van der Waals surface area contributed by atoms with Gasteiger partial charge in [-0.25, -0.2) is 4.79 Å². The number of para-hydroxylation sites is 1. The van der Waals surface area contributed by atoms with Crippen LogP contribution in [0.2, 0.25) is 0 Å².